The number of halogens is 6. The number of unbranched alkanes of at least 4 members (excludes halogenated alkanes) is 1. The number of fused-ring (bicyclic) bond motifs is 1. The fraction of sp³-hybridized carbons (Fsp3) is 0.542. The first-order valence-corrected chi connectivity index (χ1v) is 11.2. The van der Waals surface area contributed by atoms with Crippen molar-refractivity contribution in [3.05, 3.63) is 41.5 Å². The Bertz CT molecular complexity index is 981. The lowest BCUT2D eigenvalue weighted by molar-refractivity contribution is -0.185. The molecule has 0 spiro atoms. The largest absolute Gasteiger partial charge is 0.490 e. The Kier molecular flexibility index (Phi) is 8.33. The van der Waals surface area contributed by atoms with Gasteiger partial charge in [-0.25, -0.2) is 0 Å². The highest BCUT2D eigenvalue weighted by Gasteiger charge is 2.42. The summed E-state index contributed by atoms with van der Waals surface area (Å²) >= 11 is 0. The van der Waals surface area contributed by atoms with E-state index >= 15 is 0 Å². The Morgan fingerprint density at radius 2 is 1.68 bits per heavy atom. The summed E-state index contributed by atoms with van der Waals surface area (Å²) in [6.45, 7) is 0.834. The van der Waals surface area contributed by atoms with E-state index in [2.05, 4.69) is 5.32 Å². The normalized spacial score (nSPS) is 19.4. The Balaban J connectivity index is 1.76. The predicted octanol–water partition coefficient (Wildman–Crippen LogP) is 6.70. The van der Waals surface area contributed by atoms with Crippen molar-refractivity contribution in [3.8, 4) is 5.75 Å². The van der Waals surface area contributed by atoms with Crippen LogP contribution in [0.4, 0.5) is 26.3 Å². The third-order valence-electron chi connectivity index (χ3n) is 6.14. The zero-order chi connectivity index (χ0) is 24.9. The van der Waals surface area contributed by atoms with Crippen molar-refractivity contribution >= 4 is 16.7 Å². The SMILES string of the molecule is O=C(O)CCCCNCc1cccc2c(C(F)(F)F)c(O[C@H]3CC[C@@H](C(F)(F)F)CC3)ccc12. The van der Waals surface area contributed by atoms with Crippen molar-refractivity contribution in [1.29, 1.82) is 0 Å². The molecule has 0 heterocycles. The molecule has 0 saturated heterocycles. The van der Waals surface area contributed by atoms with Crippen LogP contribution in [0.3, 0.4) is 0 Å². The summed E-state index contributed by atoms with van der Waals surface area (Å²) in [5.74, 6) is -2.68. The van der Waals surface area contributed by atoms with Gasteiger partial charge in [0.15, 0.2) is 0 Å². The van der Waals surface area contributed by atoms with Crippen molar-refractivity contribution in [2.24, 2.45) is 5.92 Å². The van der Waals surface area contributed by atoms with Gasteiger partial charge in [0.05, 0.1) is 12.0 Å². The van der Waals surface area contributed by atoms with E-state index in [9.17, 15) is 31.1 Å². The molecule has 34 heavy (non-hydrogen) atoms. The molecular weight excluding hydrogens is 464 g/mol. The van der Waals surface area contributed by atoms with Crippen molar-refractivity contribution in [2.75, 3.05) is 6.54 Å². The Labute approximate surface area is 193 Å². The molecule has 1 aliphatic carbocycles. The average Bonchev–Trinajstić information content (AvgIpc) is 2.74. The lowest BCUT2D eigenvalue weighted by Gasteiger charge is -2.31. The van der Waals surface area contributed by atoms with E-state index in [-0.39, 0.29) is 43.2 Å². The van der Waals surface area contributed by atoms with Gasteiger partial charge in [0.25, 0.3) is 0 Å². The van der Waals surface area contributed by atoms with Gasteiger partial charge in [-0.3, -0.25) is 4.79 Å². The van der Waals surface area contributed by atoms with Crippen LogP contribution in [0.15, 0.2) is 30.3 Å². The zero-order valence-electron chi connectivity index (χ0n) is 18.4. The molecule has 10 heteroatoms. The van der Waals surface area contributed by atoms with E-state index in [0.717, 1.165) is 0 Å². The fourth-order valence-electron chi connectivity index (χ4n) is 4.38. The Hall–Kier alpha value is -2.49. The number of hydrogen-bond donors (Lipinski definition) is 2. The summed E-state index contributed by atoms with van der Waals surface area (Å²) in [5.41, 5.74) is -0.273. The van der Waals surface area contributed by atoms with E-state index in [4.69, 9.17) is 9.84 Å². The molecule has 188 valence electrons. The third-order valence-corrected chi connectivity index (χ3v) is 6.14. The van der Waals surface area contributed by atoms with Crippen LogP contribution in [-0.2, 0) is 17.5 Å². The Morgan fingerprint density at radius 1 is 0.971 bits per heavy atom. The minimum atomic E-state index is -4.71. The highest BCUT2D eigenvalue weighted by atomic mass is 19.4. The van der Waals surface area contributed by atoms with Gasteiger partial charge < -0.3 is 15.2 Å². The molecule has 4 nitrogen and oxygen atoms in total. The van der Waals surface area contributed by atoms with E-state index in [1.807, 2.05) is 0 Å². The van der Waals surface area contributed by atoms with Gasteiger partial charge in [-0.1, -0.05) is 24.3 Å². The maximum atomic E-state index is 14.0. The second kappa shape index (κ2) is 10.8. The summed E-state index contributed by atoms with van der Waals surface area (Å²) in [6, 6.07) is 7.39. The molecule has 0 aromatic heterocycles. The van der Waals surface area contributed by atoms with Crippen molar-refractivity contribution in [3.63, 3.8) is 0 Å². The number of rotatable bonds is 9. The van der Waals surface area contributed by atoms with Gasteiger partial charge in [-0.05, 0) is 67.5 Å². The molecule has 3 rings (SSSR count). The van der Waals surface area contributed by atoms with E-state index in [0.29, 0.717) is 36.9 Å². The van der Waals surface area contributed by atoms with Crippen molar-refractivity contribution < 1.29 is 41.0 Å². The van der Waals surface area contributed by atoms with Crippen LogP contribution >= 0.6 is 0 Å². The quantitative estimate of drug-likeness (QED) is 0.303. The molecule has 0 atom stereocenters. The summed E-state index contributed by atoms with van der Waals surface area (Å²) in [5, 5.41) is 12.2. The lowest BCUT2D eigenvalue weighted by Crippen LogP contribution is -2.32. The van der Waals surface area contributed by atoms with Gasteiger partial charge in [0.1, 0.15) is 11.3 Å². The van der Waals surface area contributed by atoms with Crippen LogP contribution in [0.25, 0.3) is 10.8 Å². The van der Waals surface area contributed by atoms with Gasteiger partial charge in [-0.2, -0.15) is 26.3 Å². The highest BCUT2D eigenvalue weighted by molar-refractivity contribution is 5.91. The van der Waals surface area contributed by atoms with Crippen LogP contribution in [0.5, 0.6) is 5.75 Å². The molecule has 0 radical (unpaired) electrons. The molecule has 1 saturated carbocycles. The standard InChI is InChI=1S/C24H27F6NO3/c25-23(26,27)16-7-9-17(10-8-16)34-20-12-11-18-15(14-31-13-2-1-6-21(32)33)4-3-5-19(18)22(20)24(28,29)30/h3-5,11-12,16-17,31H,1-2,6-10,13-14H2,(H,32,33)/t16-,17+. The number of nitrogens with one attached hydrogen (secondary N) is 1. The maximum absolute atomic E-state index is 14.0. The second-order valence-corrected chi connectivity index (χ2v) is 8.61. The predicted molar refractivity (Wildman–Crippen MR) is 115 cm³/mol. The lowest BCUT2D eigenvalue weighted by atomic mass is 9.87. The monoisotopic (exact) mass is 491 g/mol. The van der Waals surface area contributed by atoms with Crippen LogP contribution in [0.2, 0.25) is 0 Å². The first-order chi connectivity index (χ1) is 16.0. The van der Waals surface area contributed by atoms with E-state index in [1.54, 1.807) is 12.1 Å². The van der Waals surface area contributed by atoms with Gasteiger partial charge in [0, 0.05) is 13.0 Å². The average molecular weight is 491 g/mol. The van der Waals surface area contributed by atoms with Gasteiger partial charge in [0.2, 0.25) is 0 Å². The molecule has 2 aromatic rings. The van der Waals surface area contributed by atoms with Crippen molar-refractivity contribution in [1.82, 2.24) is 5.32 Å². The second-order valence-electron chi connectivity index (χ2n) is 8.61. The van der Waals surface area contributed by atoms with Crippen LogP contribution < -0.4 is 10.1 Å². The summed E-state index contributed by atoms with van der Waals surface area (Å²) in [6.07, 6.45) is -8.75. The first kappa shape index (κ1) is 26.1. The van der Waals surface area contributed by atoms with Crippen LogP contribution in [0.1, 0.15) is 56.1 Å². The van der Waals surface area contributed by atoms with Crippen molar-refractivity contribution in [2.45, 2.75) is 69.9 Å². The van der Waals surface area contributed by atoms with E-state index in [1.165, 1.54) is 18.2 Å². The summed E-state index contributed by atoms with van der Waals surface area (Å²) in [4.78, 5) is 10.6. The number of ether oxygens (including phenoxy) is 1. The minimum Gasteiger partial charge on any atom is -0.490 e. The third kappa shape index (κ3) is 6.77. The Morgan fingerprint density at radius 3 is 2.29 bits per heavy atom. The molecule has 0 bridgehead atoms. The molecule has 0 aliphatic heterocycles. The fourth-order valence-corrected chi connectivity index (χ4v) is 4.38. The number of hydrogen-bond acceptors (Lipinski definition) is 3. The molecular formula is C24H27F6NO3. The molecule has 2 aromatic carbocycles. The minimum absolute atomic E-state index is 0.0286. The summed E-state index contributed by atoms with van der Waals surface area (Å²) in [7, 11) is 0. The first-order valence-electron chi connectivity index (χ1n) is 11.2. The number of carbonyl (C=O) groups is 1. The smallest absolute Gasteiger partial charge is 0.420 e. The summed E-state index contributed by atoms with van der Waals surface area (Å²) < 4.78 is 86.4. The molecule has 0 unspecified atom stereocenters. The highest BCUT2D eigenvalue weighted by Crippen LogP contribution is 2.44. The van der Waals surface area contributed by atoms with Crippen LogP contribution in [0, 0.1) is 5.92 Å². The molecule has 0 amide bonds. The number of aliphatic carboxylic acids is 1. The topological polar surface area (TPSA) is 58.6 Å². The number of alkyl halides is 6. The zero-order valence-corrected chi connectivity index (χ0v) is 18.4. The maximum Gasteiger partial charge on any atom is 0.420 e. The molecule has 1 aliphatic rings. The van der Waals surface area contributed by atoms with Crippen LogP contribution in [-0.4, -0.2) is 29.9 Å². The number of benzene rings is 2. The van der Waals surface area contributed by atoms with Gasteiger partial charge in [-0.15, -0.1) is 0 Å². The number of carboxylic acids is 1. The molecule has 1 fully saturated rings. The molecule has 2 N–H and O–H groups in total. The van der Waals surface area contributed by atoms with Gasteiger partial charge >= 0.3 is 18.3 Å². The van der Waals surface area contributed by atoms with E-state index < -0.39 is 35.9 Å². The number of carboxylic acid groups (broad SMARTS) is 1.